The predicted octanol–water partition coefficient (Wildman–Crippen LogP) is 1.28. The van der Waals surface area contributed by atoms with Gasteiger partial charge < -0.3 is 10.1 Å². The summed E-state index contributed by atoms with van der Waals surface area (Å²) in [7, 11) is -1.66. The number of ether oxygens (including phenoxy) is 1. The molecule has 0 saturated carbocycles. The summed E-state index contributed by atoms with van der Waals surface area (Å²) in [6.07, 6.45) is 0.461. The molecule has 0 saturated heterocycles. The van der Waals surface area contributed by atoms with E-state index in [0.29, 0.717) is 25.1 Å². The summed E-state index contributed by atoms with van der Waals surface area (Å²) in [6.45, 7) is 1.14. The summed E-state index contributed by atoms with van der Waals surface area (Å²) in [5.74, 6) is -0.319. The number of halogens is 1. The van der Waals surface area contributed by atoms with Gasteiger partial charge in [-0.1, -0.05) is 0 Å². The first-order chi connectivity index (χ1) is 8.54. The number of nitrogens with one attached hydrogen (secondary N) is 1. The molecule has 0 spiro atoms. The van der Waals surface area contributed by atoms with Crippen molar-refractivity contribution in [3.05, 3.63) is 29.6 Å². The molecule has 0 aromatic heterocycles. The second-order valence-corrected chi connectivity index (χ2v) is 6.37. The molecule has 0 bridgehead atoms. The monoisotopic (exact) mass is 273 g/mol. The minimum absolute atomic E-state index is 0.0935. The van der Waals surface area contributed by atoms with Gasteiger partial charge in [-0.05, 0) is 30.2 Å². The smallest absolute Gasteiger partial charge is 0.178 e. The Kier molecular flexibility index (Phi) is 3.99. The van der Waals surface area contributed by atoms with E-state index < -0.39 is 15.7 Å². The molecular weight excluding hydrogens is 257 g/mol. The van der Waals surface area contributed by atoms with Crippen LogP contribution in [-0.2, 0) is 14.6 Å². The van der Waals surface area contributed by atoms with E-state index in [2.05, 4.69) is 5.32 Å². The molecule has 100 valence electrons. The fraction of sp³-hybridized carbons (Fsp3) is 0.500. The maximum absolute atomic E-state index is 13.3. The molecule has 2 rings (SSSR count). The third-order valence-corrected chi connectivity index (χ3v) is 4.87. The SMILES string of the molecule is COCCNC1CCS(=O)(=O)c2ccc(F)cc21. The first-order valence-electron chi connectivity index (χ1n) is 5.79. The predicted molar refractivity (Wildman–Crippen MR) is 65.7 cm³/mol. The minimum Gasteiger partial charge on any atom is -0.383 e. The highest BCUT2D eigenvalue weighted by atomic mass is 32.2. The van der Waals surface area contributed by atoms with Crippen molar-refractivity contribution in [2.75, 3.05) is 26.0 Å². The van der Waals surface area contributed by atoms with Crippen LogP contribution in [0.1, 0.15) is 18.0 Å². The standard InChI is InChI=1S/C12H16FNO3S/c1-17-6-5-14-11-4-7-18(15,16)12-3-2-9(13)8-10(11)12/h2-3,8,11,14H,4-7H2,1H3. The Bertz CT molecular complexity index is 530. The van der Waals surface area contributed by atoms with Crippen molar-refractivity contribution in [1.29, 1.82) is 0 Å². The van der Waals surface area contributed by atoms with Crippen molar-refractivity contribution in [3.63, 3.8) is 0 Å². The molecule has 6 heteroatoms. The molecular formula is C12H16FNO3S. The number of benzene rings is 1. The quantitative estimate of drug-likeness (QED) is 0.663. The van der Waals surface area contributed by atoms with Gasteiger partial charge in [0, 0.05) is 19.7 Å². The summed E-state index contributed by atoms with van der Waals surface area (Å²) in [5, 5.41) is 3.19. The van der Waals surface area contributed by atoms with Crippen LogP contribution in [0.3, 0.4) is 0 Å². The van der Waals surface area contributed by atoms with E-state index in [4.69, 9.17) is 4.74 Å². The van der Waals surface area contributed by atoms with Crippen molar-refractivity contribution < 1.29 is 17.5 Å². The van der Waals surface area contributed by atoms with Crippen molar-refractivity contribution >= 4 is 9.84 Å². The van der Waals surface area contributed by atoms with Crippen molar-refractivity contribution in [3.8, 4) is 0 Å². The van der Waals surface area contributed by atoms with E-state index in [9.17, 15) is 12.8 Å². The summed E-state index contributed by atoms with van der Waals surface area (Å²) < 4.78 is 42.0. The molecule has 1 aromatic carbocycles. The van der Waals surface area contributed by atoms with Gasteiger partial charge in [0.25, 0.3) is 0 Å². The highest BCUT2D eigenvalue weighted by Gasteiger charge is 2.30. The zero-order valence-corrected chi connectivity index (χ0v) is 11.0. The van der Waals surface area contributed by atoms with E-state index >= 15 is 0 Å². The summed E-state index contributed by atoms with van der Waals surface area (Å²) in [5.41, 5.74) is 0.525. The van der Waals surface area contributed by atoms with Gasteiger partial charge in [0.1, 0.15) is 5.82 Å². The summed E-state index contributed by atoms with van der Waals surface area (Å²) >= 11 is 0. The lowest BCUT2D eigenvalue weighted by Gasteiger charge is -2.26. The van der Waals surface area contributed by atoms with Crippen LogP contribution in [0.15, 0.2) is 23.1 Å². The fourth-order valence-corrected chi connectivity index (χ4v) is 3.76. The summed E-state index contributed by atoms with van der Waals surface area (Å²) in [4.78, 5) is 0.241. The maximum atomic E-state index is 13.3. The zero-order chi connectivity index (χ0) is 13.2. The third-order valence-electron chi connectivity index (χ3n) is 3.05. The molecule has 0 amide bonds. The van der Waals surface area contributed by atoms with E-state index in [1.54, 1.807) is 7.11 Å². The largest absolute Gasteiger partial charge is 0.383 e. The Morgan fingerprint density at radius 3 is 3.00 bits per heavy atom. The lowest BCUT2D eigenvalue weighted by molar-refractivity contribution is 0.195. The van der Waals surface area contributed by atoms with Gasteiger partial charge in [-0.25, -0.2) is 12.8 Å². The third kappa shape index (κ3) is 2.71. The first kappa shape index (κ1) is 13.5. The molecule has 0 radical (unpaired) electrons. The number of hydrogen-bond donors (Lipinski definition) is 1. The average molecular weight is 273 g/mol. The molecule has 1 heterocycles. The second kappa shape index (κ2) is 5.34. The van der Waals surface area contributed by atoms with Crippen molar-refractivity contribution in [2.45, 2.75) is 17.4 Å². The highest BCUT2D eigenvalue weighted by molar-refractivity contribution is 7.91. The zero-order valence-electron chi connectivity index (χ0n) is 10.1. The lowest BCUT2D eigenvalue weighted by atomic mass is 10.0. The Hall–Kier alpha value is -0.980. The van der Waals surface area contributed by atoms with Gasteiger partial charge in [-0.2, -0.15) is 0 Å². The van der Waals surface area contributed by atoms with Gasteiger partial charge >= 0.3 is 0 Å². The highest BCUT2D eigenvalue weighted by Crippen LogP contribution is 2.32. The number of sulfone groups is 1. The van der Waals surface area contributed by atoms with Crippen LogP contribution in [0, 0.1) is 5.82 Å². The van der Waals surface area contributed by atoms with Gasteiger partial charge in [-0.3, -0.25) is 0 Å². The molecule has 1 unspecified atom stereocenters. The van der Waals surface area contributed by atoms with Gasteiger partial charge in [0.2, 0.25) is 0 Å². The molecule has 1 N–H and O–H groups in total. The second-order valence-electron chi connectivity index (χ2n) is 4.29. The van der Waals surface area contributed by atoms with Crippen LogP contribution in [-0.4, -0.2) is 34.4 Å². The normalized spacial score (nSPS) is 21.6. The van der Waals surface area contributed by atoms with Crippen molar-refractivity contribution in [1.82, 2.24) is 5.32 Å². The maximum Gasteiger partial charge on any atom is 0.178 e. The Labute approximate surface area is 106 Å². The topological polar surface area (TPSA) is 55.4 Å². The minimum atomic E-state index is -3.26. The lowest BCUT2D eigenvalue weighted by Crippen LogP contribution is -2.31. The number of hydrogen-bond acceptors (Lipinski definition) is 4. The molecule has 1 atom stereocenters. The van der Waals surface area contributed by atoms with Crippen LogP contribution < -0.4 is 5.32 Å². The van der Waals surface area contributed by atoms with Crippen molar-refractivity contribution in [2.24, 2.45) is 0 Å². The van der Waals surface area contributed by atoms with Crippen LogP contribution in [0.5, 0.6) is 0 Å². The van der Waals surface area contributed by atoms with Gasteiger partial charge in [-0.15, -0.1) is 0 Å². The number of methoxy groups -OCH3 is 1. The molecule has 18 heavy (non-hydrogen) atoms. The van der Waals surface area contributed by atoms with Gasteiger partial charge in [0.15, 0.2) is 9.84 Å². The first-order valence-corrected chi connectivity index (χ1v) is 7.44. The fourth-order valence-electron chi connectivity index (χ4n) is 2.16. The number of rotatable bonds is 4. The van der Waals surface area contributed by atoms with E-state index in [1.165, 1.54) is 18.2 Å². The molecule has 1 aliphatic rings. The summed E-state index contributed by atoms with van der Waals surface area (Å²) in [6, 6.07) is 3.71. The Morgan fingerprint density at radius 2 is 2.28 bits per heavy atom. The van der Waals surface area contributed by atoms with Gasteiger partial charge in [0.05, 0.1) is 17.3 Å². The van der Waals surface area contributed by atoms with E-state index in [1.807, 2.05) is 0 Å². The molecule has 0 aliphatic carbocycles. The molecule has 1 aromatic rings. The van der Waals surface area contributed by atoms with Crippen LogP contribution >= 0.6 is 0 Å². The van der Waals surface area contributed by atoms with Crippen LogP contribution in [0.4, 0.5) is 4.39 Å². The molecule has 4 nitrogen and oxygen atoms in total. The molecule has 1 aliphatic heterocycles. The van der Waals surface area contributed by atoms with Crippen LogP contribution in [0.25, 0.3) is 0 Å². The van der Waals surface area contributed by atoms with E-state index in [-0.39, 0.29) is 16.7 Å². The molecule has 0 fully saturated rings. The van der Waals surface area contributed by atoms with E-state index in [0.717, 1.165) is 0 Å². The Morgan fingerprint density at radius 1 is 1.50 bits per heavy atom. The number of fused-ring (bicyclic) bond motifs is 1. The van der Waals surface area contributed by atoms with Crippen LogP contribution in [0.2, 0.25) is 0 Å². The average Bonchev–Trinajstić information content (AvgIpc) is 2.32. The Balaban J connectivity index is 2.30.